The zero-order valence-corrected chi connectivity index (χ0v) is 10.5. The Morgan fingerprint density at radius 3 is 2.11 bits per heavy atom. The molecule has 0 aliphatic carbocycles. The van der Waals surface area contributed by atoms with Gasteiger partial charge in [-0.2, -0.15) is 0 Å². The highest BCUT2D eigenvalue weighted by Crippen LogP contribution is 2.23. The van der Waals surface area contributed by atoms with E-state index in [1.54, 1.807) is 19.9 Å². The van der Waals surface area contributed by atoms with Crippen molar-refractivity contribution in [3.05, 3.63) is 47.8 Å². The topological polar surface area (TPSA) is 42.9 Å². The SMILES string of the molecule is CC(C)C(=O)c1c(F)cc(-c2ncccn2)cc1F. The van der Waals surface area contributed by atoms with E-state index in [0.717, 1.165) is 12.1 Å². The van der Waals surface area contributed by atoms with Crippen LogP contribution in [0.2, 0.25) is 0 Å². The predicted molar refractivity (Wildman–Crippen MR) is 66.6 cm³/mol. The average Bonchev–Trinajstić information content (AvgIpc) is 2.38. The first kappa shape index (κ1) is 13.3. The smallest absolute Gasteiger partial charge is 0.171 e. The number of halogens is 2. The molecule has 0 amide bonds. The maximum atomic E-state index is 13.9. The van der Waals surface area contributed by atoms with E-state index in [0.29, 0.717) is 0 Å². The monoisotopic (exact) mass is 262 g/mol. The molecule has 2 rings (SSSR count). The molecule has 1 heterocycles. The van der Waals surface area contributed by atoms with Crippen molar-refractivity contribution in [2.45, 2.75) is 13.8 Å². The molecule has 0 spiro atoms. The lowest BCUT2D eigenvalue weighted by atomic mass is 9.98. The van der Waals surface area contributed by atoms with Crippen molar-refractivity contribution in [1.82, 2.24) is 9.97 Å². The molecule has 0 N–H and O–H groups in total. The maximum Gasteiger partial charge on any atom is 0.171 e. The highest BCUT2D eigenvalue weighted by Gasteiger charge is 2.21. The van der Waals surface area contributed by atoms with Crippen molar-refractivity contribution in [3.63, 3.8) is 0 Å². The number of rotatable bonds is 3. The summed E-state index contributed by atoms with van der Waals surface area (Å²) in [4.78, 5) is 19.5. The lowest BCUT2D eigenvalue weighted by molar-refractivity contribution is 0.0931. The molecule has 98 valence electrons. The molecule has 0 bridgehead atoms. The van der Waals surface area contributed by atoms with Gasteiger partial charge in [-0.3, -0.25) is 4.79 Å². The number of benzene rings is 1. The largest absolute Gasteiger partial charge is 0.294 e. The second-order valence-corrected chi connectivity index (χ2v) is 4.41. The van der Waals surface area contributed by atoms with E-state index in [9.17, 15) is 13.6 Å². The Bertz CT molecular complexity index is 589. The summed E-state index contributed by atoms with van der Waals surface area (Å²) in [6, 6.07) is 3.76. The van der Waals surface area contributed by atoms with Gasteiger partial charge in [0.2, 0.25) is 0 Å². The Labute approximate surface area is 109 Å². The van der Waals surface area contributed by atoms with Crippen molar-refractivity contribution in [3.8, 4) is 11.4 Å². The summed E-state index contributed by atoms with van der Waals surface area (Å²) in [5, 5.41) is 0. The van der Waals surface area contributed by atoms with Crippen molar-refractivity contribution in [2.24, 2.45) is 5.92 Å². The Hall–Kier alpha value is -2.17. The minimum atomic E-state index is -0.888. The zero-order valence-electron chi connectivity index (χ0n) is 10.5. The number of carbonyl (C=O) groups is 1. The Balaban J connectivity index is 2.52. The van der Waals surface area contributed by atoms with Gasteiger partial charge in [-0.15, -0.1) is 0 Å². The number of aromatic nitrogens is 2. The number of hydrogen-bond donors (Lipinski definition) is 0. The standard InChI is InChI=1S/C14H12F2N2O/c1-8(2)13(19)12-10(15)6-9(7-11(12)16)14-17-4-3-5-18-14/h3-8H,1-2H3. The van der Waals surface area contributed by atoms with Crippen LogP contribution >= 0.6 is 0 Å². The average molecular weight is 262 g/mol. The van der Waals surface area contributed by atoms with Crippen LogP contribution in [0.3, 0.4) is 0 Å². The van der Waals surface area contributed by atoms with Gasteiger partial charge in [-0.1, -0.05) is 13.8 Å². The van der Waals surface area contributed by atoms with Gasteiger partial charge in [0.25, 0.3) is 0 Å². The summed E-state index contributed by atoms with van der Waals surface area (Å²) >= 11 is 0. The second-order valence-electron chi connectivity index (χ2n) is 4.41. The third-order valence-electron chi connectivity index (χ3n) is 2.64. The van der Waals surface area contributed by atoms with Gasteiger partial charge in [-0.05, 0) is 18.2 Å². The van der Waals surface area contributed by atoms with E-state index in [-0.39, 0.29) is 11.4 Å². The fraction of sp³-hybridized carbons (Fsp3) is 0.214. The molecule has 0 atom stereocenters. The van der Waals surface area contributed by atoms with E-state index in [2.05, 4.69) is 9.97 Å². The molecule has 0 saturated heterocycles. The summed E-state index contributed by atoms with van der Waals surface area (Å²) < 4.78 is 27.8. The van der Waals surface area contributed by atoms with Gasteiger partial charge in [0, 0.05) is 23.9 Å². The summed E-state index contributed by atoms with van der Waals surface area (Å²) in [6.45, 7) is 3.19. The first-order chi connectivity index (χ1) is 9.00. The lowest BCUT2D eigenvalue weighted by Gasteiger charge is -2.08. The van der Waals surface area contributed by atoms with Gasteiger partial charge in [0.15, 0.2) is 11.6 Å². The minimum Gasteiger partial charge on any atom is -0.294 e. The fourth-order valence-corrected chi connectivity index (χ4v) is 1.67. The van der Waals surface area contributed by atoms with Crippen LogP contribution in [-0.4, -0.2) is 15.8 Å². The molecular formula is C14H12F2N2O. The maximum absolute atomic E-state index is 13.9. The quantitative estimate of drug-likeness (QED) is 0.797. The summed E-state index contributed by atoms with van der Waals surface area (Å²) in [6.07, 6.45) is 2.96. The molecule has 0 saturated carbocycles. The Morgan fingerprint density at radius 1 is 1.11 bits per heavy atom. The van der Waals surface area contributed by atoms with Gasteiger partial charge < -0.3 is 0 Å². The van der Waals surface area contributed by atoms with Crippen molar-refractivity contribution >= 4 is 5.78 Å². The summed E-state index contributed by atoms with van der Waals surface area (Å²) in [5.41, 5.74) is -0.300. The predicted octanol–water partition coefficient (Wildman–Crippen LogP) is 3.26. The molecule has 0 fully saturated rings. The van der Waals surface area contributed by atoms with E-state index in [4.69, 9.17) is 0 Å². The number of ketones is 1. The van der Waals surface area contributed by atoms with Crippen molar-refractivity contribution < 1.29 is 13.6 Å². The minimum absolute atomic E-state index is 0.205. The zero-order chi connectivity index (χ0) is 14.0. The van der Waals surface area contributed by atoms with Gasteiger partial charge in [0.1, 0.15) is 11.6 Å². The van der Waals surface area contributed by atoms with E-state index in [1.807, 2.05) is 0 Å². The number of carbonyl (C=O) groups excluding carboxylic acids is 1. The van der Waals surface area contributed by atoms with Crippen LogP contribution in [0, 0.1) is 17.6 Å². The number of Topliss-reactive ketones (excluding diaryl/α,β-unsaturated/α-hetero) is 1. The third kappa shape index (κ3) is 2.65. The number of hydrogen-bond acceptors (Lipinski definition) is 3. The van der Waals surface area contributed by atoms with Gasteiger partial charge in [-0.25, -0.2) is 18.7 Å². The molecule has 1 aromatic heterocycles. The number of nitrogens with zero attached hydrogens (tertiary/aromatic N) is 2. The third-order valence-corrected chi connectivity index (χ3v) is 2.64. The molecule has 0 unspecified atom stereocenters. The molecule has 0 radical (unpaired) electrons. The van der Waals surface area contributed by atoms with Crippen molar-refractivity contribution in [2.75, 3.05) is 0 Å². The van der Waals surface area contributed by atoms with Gasteiger partial charge in [0.05, 0.1) is 5.56 Å². The first-order valence-electron chi connectivity index (χ1n) is 5.81. The van der Waals surface area contributed by atoms with Crippen LogP contribution < -0.4 is 0 Å². The molecule has 0 aliphatic rings. The summed E-state index contributed by atoms with van der Waals surface area (Å²) in [5.74, 6) is -2.59. The highest BCUT2D eigenvalue weighted by atomic mass is 19.1. The van der Waals surface area contributed by atoms with E-state index >= 15 is 0 Å². The van der Waals surface area contributed by atoms with Crippen LogP contribution in [-0.2, 0) is 0 Å². The first-order valence-corrected chi connectivity index (χ1v) is 5.81. The van der Waals surface area contributed by atoms with Crippen LogP contribution in [0.5, 0.6) is 0 Å². The van der Waals surface area contributed by atoms with Crippen LogP contribution in [0.15, 0.2) is 30.6 Å². The second kappa shape index (κ2) is 5.22. The molecule has 2 aromatic rings. The Morgan fingerprint density at radius 2 is 1.63 bits per heavy atom. The van der Waals surface area contributed by atoms with Gasteiger partial charge >= 0.3 is 0 Å². The van der Waals surface area contributed by atoms with E-state index < -0.39 is 28.9 Å². The van der Waals surface area contributed by atoms with Crippen LogP contribution in [0.4, 0.5) is 8.78 Å². The van der Waals surface area contributed by atoms with Crippen LogP contribution in [0.25, 0.3) is 11.4 Å². The summed E-state index contributed by atoms with van der Waals surface area (Å²) in [7, 11) is 0. The normalized spacial score (nSPS) is 10.8. The Kier molecular flexibility index (Phi) is 3.64. The van der Waals surface area contributed by atoms with E-state index in [1.165, 1.54) is 12.4 Å². The van der Waals surface area contributed by atoms with Crippen molar-refractivity contribution in [1.29, 1.82) is 0 Å². The molecule has 0 aliphatic heterocycles. The molecule has 19 heavy (non-hydrogen) atoms. The lowest BCUT2D eigenvalue weighted by Crippen LogP contribution is -2.12. The molecule has 5 heteroatoms. The molecule has 3 nitrogen and oxygen atoms in total. The molecule has 1 aromatic carbocycles. The van der Waals surface area contributed by atoms with Crippen LogP contribution in [0.1, 0.15) is 24.2 Å². The molecular weight excluding hydrogens is 250 g/mol. The fourth-order valence-electron chi connectivity index (χ4n) is 1.67. The highest BCUT2D eigenvalue weighted by molar-refractivity contribution is 5.98.